The van der Waals surface area contributed by atoms with Crippen LogP contribution in [-0.4, -0.2) is 40.4 Å². The fraction of sp³-hybridized carbons (Fsp3) is 0.276. The SMILES string of the molecule is CC(C)(C)OC(=O)/C=C/c1cccc2c1ccn2C(=O)c1c(-c2c(Cl)cc(Cl)cc2Cl)noc1C1(C)COC1. The maximum absolute atomic E-state index is 14.2. The summed E-state index contributed by atoms with van der Waals surface area (Å²) in [5.74, 6) is -0.445. The Hall–Kier alpha value is -3.10. The Bertz CT molecular complexity index is 1620. The number of esters is 1. The Balaban J connectivity index is 1.61. The lowest BCUT2D eigenvalue weighted by molar-refractivity contribution is -0.148. The quantitative estimate of drug-likeness (QED) is 0.177. The molecule has 2 aromatic carbocycles. The first-order valence-corrected chi connectivity index (χ1v) is 13.3. The third kappa shape index (κ3) is 5.24. The van der Waals surface area contributed by atoms with Gasteiger partial charge in [0.25, 0.3) is 5.91 Å². The molecule has 1 aliphatic heterocycles. The van der Waals surface area contributed by atoms with Gasteiger partial charge in [-0.3, -0.25) is 9.36 Å². The third-order valence-electron chi connectivity index (χ3n) is 6.33. The molecule has 1 saturated heterocycles. The van der Waals surface area contributed by atoms with Gasteiger partial charge in [-0.25, -0.2) is 4.79 Å². The number of halogens is 3. The molecule has 0 amide bonds. The van der Waals surface area contributed by atoms with E-state index in [1.807, 2.05) is 31.2 Å². The maximum atomic E-state index is 14.2. The van der Waals surface area contributed by atoms with Gasteiger partial charge in [0.1, 0.15) is 16.9 Å². The number of hydrogen-bond donors (Lipinski definition) is 0. The molecular formula is C29H25Cl3N2O5. The van der Waals surface area contributed by atoms with Crippen molar-refractivity contribution in [1.82, 2.24) is 9.72 Å². The van der Waals surface area contributed by atoms with Crippen LogP contribution >= 0.6 is 34.8 Å². The van der Waals surface area contributed by atoms with Crippen LogP contribution in [0.4, 0.5) is 0 Å². The monoisotopic (exact) mass is 586 g/mol. The molecule has 0 saturated carbocycles. The zero-order valence-electron chi connectivity index (χ0n) is 21.7. The van der Waals surface area contributed by atoms with Crippen molar-refractivity contribution in [2.75, 3.05) is 13.2 Å². The molecule has 0 unspecified atom stereocenters. The Morgan fingerprint density at radius 2 is 1.79 bits per heavy atom. The predicted octanol–water partition coefficient (Wildman–Crippen LogP) is 7.59. The van der Waals surface area contributed by atoms with Crippen LogP contribution in [0.25, 0.3) is 28.2 Å². The molecule has 4 aromatic rings. The standard InChI is InChI=1S/C29H25Cl3N2O5/c1-28(2,3)38-22(35)9-8-16-6-5-7-21-18(16)10-11-34(21)27(36)24-25(23-19(31)12-17(30)13-20(23)32)33-39-26(24)29(4)14-37-15-29/h5-13H,14-15H2,1-4H3/b9-8+. The second kappa shape index (κ2) is 10.1. The summed E-state index contributed by atoms with van der Waals surface area (Å²) in [7, 11) is 0. The molecule has 5 rings (SSSR count). The number of carbonyl (C=O) groups is 2. The summed E-state index contributed by atoms with van der Waals surface area (Å²) in [5, 5.41) is 5.86. The van der Waals surface area contributed by atoms with Crippen LogP contribution in [0, 0.1) is 0 Å². The topological polar surface area (TPSA) is 83.6 Å². The maximum Gasteiger partial charge on any atom is 0.331 e. The molecule has 2 aromatic heterocycles. The van der Waals surface area contributed by atoms with Crippen LogP contribution < -0.4 is 0 Å². The number of ether oxygens (including phenoxy) is 2. The van der Waals surface area contributed by atoms with E-state index in [9.17, 15) is 9.59 Å². The summed E-state index contributed by atoms with van der Waals surface area (Å²) in [6, 6.07) is 10.4. The Kier molecular flexibility index (Phi) is 7.14. The van der Waals surface area contributed by atoms with Crippen LogP contribution in [0.3, 0.4) is 0 Å². The van der Waals surface area contributed by atoms with Gasteiger partial charge in [-0.15, -0.1) is 0 Å². The van der Waals surface area contributed by atoms with E-state index in [2.05, 4.69) is 5.16 Å². The second-order valence-corrected chi connectivity index (χ2v) is 11.9. The molecule has 7 nitrogen and oxygen atoms in total. The summed E-state index contributed by atoms with van der Waals surface area (Å²) in [4.78, 5) is 26.5. The van der Waals surface area contributed by atoms with Crippen LogP contribution in [0.15, 0.2) is 53.2 Å². The Labute approximate surface area is 240 Å². The van der Waals surface area contributed by atoms with Gasteiger partial charge in [0.15, 0.2) is 5.76 Å². The highest BCUT2D eigenvalue weighted by Gasteiger charge is 2.44. The smallest absolute Gasteiger partial charge is 0.331 e. The van der Waals surface area contributed by atoms with Crippen molar-refractivity contribution in [2.45, 2.75) is 38.7 Å². The third-order valence-corrected chi connectivity index (χ3v) is 7.14. The van der Waals surface area contributed by atoms with E-state index in [1.165, 1.54) is 22.8 Å². The Morgan fingerprint density at radius 3 is 2.41 bits per heavy atom. The number of hydrogen-bond acceptors (Lipinski definition) is 6. The van der Waals surface area contributed by atoms with E-state index in [0.717, 1.165) is 10.9 Å². The van der Waals surface area contributed by atoms with Gasteiger partial charge in [-0.1, -0.05) is 52.1 Å². The lowest BCUT2D eigenvalue weighted by Crippen LogP contribution is -2.44. The zero-order valence-corrected chi connectivity index (χ0v) is 23.9. The summed E-state index contributed by atoms with van der Waals surface area (Å²) < 4.78 is 18.1. The summed E-state index contributed by atoms with van der Waals surface area (Å²) >= 11 is 19.2. The van der Waals surface area contributed by atoms with Gasteiger partial charge in [0, 0.05) is 28.2 Å². The molecule has 0 aliphatic carbocycles. The largest absolute Gasteiger partial charge is 0.457 e. The van der Waals surface area contributed by atoms with E-state index in [-0.39, 0.29) is 27.2 Å². The van der Waals surface area contributed by atoms with Gasteiger partial charge in [0.2, 0.25) is 0 Å². The fourth-order valence-corrected chi connectivity index (χ4v) is 5.50. The van der Waals surface area contributed by atoms with Gasteiger partial charge < -0.3 is 14.0 Å². The van der Waals surface area contributed by atoms with E-state index in [0.29, 0.717) is 35.1 Å². The fourth-order valence-electron chi connectivity index (χ4n) is 4.51. The molecule has 1 aliphatic rings. The molecule has 0 bridgehead atoms. The summed E-state index contributed by atoms with van der Waals surface area (Å²) in [5.41, 5.74) is 1.03. The van der Waals surface area contributed by atoms with Crippen molar-refractivity contribution < 1.29 is 23.6 Å². The molecule has 3 heterocycles. The number of carbonyl (C=O) groups excluding carboxylic acids is 2. The lowest BCUT2D eigenvalue weighted by atomic mass is 9.82. The Morgan fingerprint density at radius 1 is 1.10 bits per heavy atom. The second-order valence-electron chi connectivity index (χ2n) is 10.7. The van der Waals surface area contributed by atoms with Gasteiger partial charge in [-0.05, 0) is 63.6 Å². The molecule has 10 heteroatoms. The zero-order chi connectivity index (χ0) is 28.1. The average Bonchev–Trinajstić information content (AvgIpc) is 3.44. The molecule has 0 atom stereocenters. The summed E-state index contributed by atoms with van der Waals surface area (Å²) in [6.45, 7) is 8.10. The van der Waals surface area contributed by atoms with Gasteiger partial charge in [0.05, 0.1) is 34.2 Å². The average molecular weight is 588 g/mol. The number of aromatic nitrogens is 2. The minimum atomic E-state index is -0.602. The van der Waals surface area contributed by atoms with Crippen molar-refractivity contribution in [3.63, 3.8) is 0 Å². The van der Waals surface area contributed by atoms with Crippen molar-refractivity contribution in [2.24, 2.45) is 0 Å². The first-order valence-electron chi connectivity index (χ1n) is 12.2. The number of benzene rings is 2. The summed E-state index contributed by atoms with van der Waals surface area (Å²) in [6.07, 6.45) is 4.71. The number of rotatable bonds is 5. The van der Waals surface area contributed by atoms with Crippen LogP contribution in [-0.2, 0) is 19.7 Å². The van der Waals surface area contributed by atoms with Crippen LogP contribution in [0.2, 0.25) is 15.1 Å². The highest BCUT2D eigenvalue weighted by atomic mass is 35.5. The first kappa shape index (κ1) is 27.5. The number of nitrogens with zero attached hydrogens (tertiary/aromatic N) is 2. The molecular weight excluding hydrogens is 563 g/mol. The molecule has 1 fully saturated rings. The first-order chi connectivity index (χ1) is 18.4. The van der Waals surface area contributed by atoms with E-state index < -0.39 is 17.0 Å². The number of fused-ring (bicyclic) bond motifs is 1. The molecule has 0 radical (unpaired) electrons. The van der Waals surface area contributed by atoms with Crippen molar-refractivity contribution in [3.8, 4) is 11.3 Å². The lowest BCUT2D eigenvalue weighted by Gasteiger charge is -2.36. The minimum absolute atomic E-state index is 0.220. The van der Waals surface area contributed by atoms with Crippen molar-refractivity contribution in [3.05, 3.63) is 80.6 Å². The molecule has 0 N–H and O–H groups in total. The highest BCUT2D eigenvalue weighted by molar-refractivity contribution is 6.42. The van der Waals surface area contributed by atoms with Gasteiger partial charge >= 0.3 is 5.97 Å². The molecule has 39 heavy (non-hydrogen) atoms. The van der Waals surface area contributed by atoms with E-state index in [1.54, 1.807) is 33.0 Å². The van der Waals surface area contributed by atoms with Gasteiger partial charge in [-0.2, -0.15) is 0 Å². The molecule has 0 spiro atoms. The highest BCUT2D eigenvalue weighted by Crippen LogP contribution is 2.43. The molecule has 202 valence electrons. The van der Waals surface area contributed by atoms with Crippen LogP contribution in [0.1, 0.15) is 49.4 Å². The van der Waals surface area contributed by atoms with E-state index in [4.69, 9.17) is 48.8 Å². The van der Waals surface area contributed by atoms with Crippen molar-refractivity contribution in [1.29, 1.82) is 0 Å². The minimum Gasteiger partial charge on any atom is -0.457 e. The van der Waals surface area contributed by atoms with Crippen LogP contribution in [0.5, 0.6) is 0 Å². The predicted molar refractivity (Wildman–Crippen MR) is 152 cm³/mol. The van der Waals surface area contributed by atoms with E-state index >= 15 is 0 Å². The van der Waals surface area contributed by atoms with Crippen molar-refractivity contribution >= 4 is 63.7 Å². The normalized spacial score (nSPS) is 15.1.